The Balaban J connectivity index is 0.00000180. The number of fused-ring (bicyclic) bond motifs is 1. The van der Waals surface area contributed by atoms with E-state index in [0.29, 0.717) is 0 Å². The molecule has 0 radical (unpaired) electrons. The molecular weight excluding hydrogens is 280 g/mol. The maximum absolute atomic E-state index is 6.04. The number of imidazole rings is 1. The summed E-state index contributed by atoms with van der Waals surface area (Å²) >= 11 is 1.72. The monoisotopic (exact) mass is 300 g/mol. The van der Waals surface area contributed by atoms with Gasteiger partial charge in [-0.15, -0.1) is 12.4 Å². The minimum atomic E-state index is 0. The standard InChI is InChI=1S/C13H20N4S.ClH/c1-3-16(4-2)9-10-18-13-15-11-7-5-6-8-12(11)17(13)14;/h5-8H,3-4,9-10,14H2,1-2H3;1H. The Kier molecular flexibility index (Phi) is 6.48. The predicted molar refractivity (Wildman–Crippen MR) is 85.6 cm³/mol. The smallest absolute Gasteiger partial charge is 0.187 e. The number of nitrogens with two attached hydrogens (primary N) is 1. The van der Waals surface area contributed by atoms with Crippen molar-refractivity contribution in [2.75, 3.05) is 31.2 Å². The summed E-state index contributed by atoms with van der Waals surface area (Å²) in [6.45, 7) is 7.63. The third kappa shape index (κ3) is 3.78. The highest BCUT2D eigenvalue weighted by Gasteiger charge is 2.08. The first-order valence-electron chi connectivity index (χ1n) is 6.34. The molecule has 0 saturated carbocycles. The van der Waals surface area contributed by atoms with Crippen molar-refractivity contribution in [3.63, 3.8) is 0 Å². The summed E-state index contributed by atoms with van der Waals surface area (Å²) in [5, 5.41) is 0.892. The van der Waals surface area contributed by atoms with Gasteiger partial charge in [-0.1, -0.05) is 37.7 Å². The van der Waals surface area contributed by atoms with Crippen molar-refractivity contribution in [3.05, 3.63) is 24.3 Å². The molecule has 0 saturated heterocycles. The molecular formula is C13H21ClN4S. The minimum Gasteiger partial charge on any atom is -0.337 e. The molecule has 0 aliphatic heterocycles. The maximum atomic E-state index is 6.04. The molecule has 0 aliphatic rings. The lowest BCUT2D eigenvalue weighted by molar-refractivity contribution is 0.324. The molecule has 0 fully saturated rings. The fraction of sp³-hybridized carbons (Fsp3) is 0.462. The van der Waals surface area contributed by atoms with Crippen molar-refractivity contribution in [3.8, 4) is 0 Å². The molecule has 0 unspecified atom stereocenters. The van der Waals surface area contributed by atoms with Crippen molar-refractivity contribution in [1.29, 1.82) is 0 Å². The van der Waals surface area contributed by atoms with Gasteiger partial charge in [0.2, 0.25) is 0 Å². The number of hydrogen-bond acceptors (Lipinski definition) is 4. The van der Waals surface area contributed by atoms with E-state index in [1.165, 1.54) is 0 Å². The first-order valence-corrected chi connectivity index (χ1v) is 7.32. The van der Waals surface area contributed by atoms with E-state index >= 15 is 0 Å². The zero-order valence-electron chi connectivity index (χ0n) is 11.4. The second kappa shape index (κ2) is 7.62. The summed E-state index contributed by atoms with van der Waals surface area (Å²) in [6.07, 6.45) is 0. The van der Waals surface area contributed by atoms with E-state index in [0.717, 1.165) is 41.6 Å². The van der Waals surface area contributed by atoms with Crippen LogP contribution in [0.3, 0.4) is 0 Å². The van der Waals surface area contributed by atoms with Crippen LogP contribution in [0.1, 0.15) is 13.8 Å². The molecule has 2 aromatic rings. The van der Waals surface area contributed by atoms with Crippen LogP contribution in [-0.4, -0.2) is 39.9 Å². The third-order valence-electron chi connectivity index (χ3n) is 3.10. The number of nitrogen functional groups attached to an aromatic ring is 1. The molecule has 0 spiro atoms. The Hall–Kier alpha value is -0.910. The van der Waals surface area contributed by atoms with Crippen LogP contribution in [-0.2, 0) is 0 Å². The van der Waals surface area contributed by atoms with E-state index in [9.17, 15) is 0 Å². The van der Waals surface area contributed by atoms with Crippen LogP contribution in [0, 0.1) is 0 Å². The Labute approximate surface area is 124 Å². The Morgan fingerprint density at radius 3 is 2.58 bits per heavy atom. The maximum Gasteiger partial charge on any atom is 0.187 e. The number of para-hydroxylation sites is 2. The quantitative estimate of drug-likeness (QED) is 0.658. The molecule has 0 amide bonds. The fourth-order valence-electron chi connectivity index (χ4n) is 1.93. The fourth-order valence-corrected chi connectivity index (χ4v) is 2.86. The molecule has 1 heterocycles. The molecule has 1 aromatic heterocycles. The van der Waals surface area contributed by atoms with Crippen LogP contribution in [0.2, 0.25) is 0 Å². The molecule has 2 rings (SSSR count). The van der Waals surface area contributed by atoms with Gasteiger partial charge in [-0.3, -0.25) is 0 Å². The van der Waals surface area contributed by atoms with Crippen LogP contribution < -0.4 is 5.84 Å². The van der Waals surface area contributed by atoms with Crippen LogP contribution in [0.4, 0.5) is 0 Å². The normalized spacial score (nSPS) is 10.9. The minimum absolute atomic E-state index is 0. The van der Waals surface area contributed by atoms with Gasteiger partial charge in [-0.05, 0) is 25.2 Å². The molecule has 19 heavy (non-hydrogen) atoms. The molecule has 106 valence electrons. The van der Waals surface area contributed by atoms with Gasteiger partial charge in [-0.25, -0.2) is 9.66 Å². The third-order valence-corrected chi connectivity index (χ3v) is 4.03. The van der Waals surface area contributed by atoms with E-state index in [2.05, 4.69) is 23.7 Å². The van der Waals surface area contributed by atoms with Crippen molar-refractivity contribution < 1.29 is 0 Å². The first-order chi connectivity index (χ1) is 8.76. The molecule has 0 aliphatic carbocycles. The van der Waals surface area contributed by atoms with E-state index in [4.69, 9.17) is 5.84 Å². The van der Waals surface area contributed by atoms with Crippen molar-refractivity contribution in [2.45, 2.75) is 19.0 Å². The summed E-state index contributed by atoms with van der Waals surface area (Å²) in [5.74, 6) is 7.06. The average molecular weight is 301 g/mol. The van der Waals surface area contributed by atoms with Crippen molar-refractivity contribution in [1.82, 2.24) is 14.6 Å². The van der Waals surface area contributed by atoms with Crippen LogP contribution in [0.15, 0.2) is 29.4 Å². The van der Waals surface area contributed by atoms with Crippen LogP contribution in [0.25, 0.3) is 11.0 Å². The van der Waals surface area contributed by atoms with Gasteiger partial charge in [0.25, 0.3) is 0 Å². The number of rotatable bonds is 6. The van der Waals surface area contributed by atoms with Gasteiger partial charge in [-0.2, -0.15) is 0 Å². The van der Waals surface area contributed by atoms with Crippen molar-refractivity contribution in [2.24, 2.45) is 0 Å². The van der Waals surface area contributed by atoms with E-state index < -0.39 is 0 Å². The average Bonchev–Trinajstić information content (AvgIpc) is 2.72. The largest absolute Gasteiger partial charge is 0.337 e. The van der Waals surface area contributed by atoms with Gasteiger partial charge in [0.05, 0.1) is 11.0 Å². The SMILES string of the molecule is CCN(CC)CCSc1nc2ccccc2n1N.Cl. The zero-order valence-corrected chi connectivity index (χ0v) is 13.0. The zero-order chi connectivity index (χ0) is 13.0. The second-order valence-corrected chi connectivity index (χ2v) is 5.19. The molecule has 6 heteroatoms. The highest BCUT2D eigenvalue weighted by atomic mass is 35.5. The highest BCUT2D eigenvalue weighted by Crippen LogP contribution is 2.21. The number of hydrogen-bond donors (Lipinski definition) is 1. The Morgan fingerprint density at radius 1 is 1.26 bits per heavy atom. The summed E-state index contributed by atoms with van der Waals surface area (Å²) in [4.78, 5) is 6.94. The lowest BCUT2D eigenvalue weighted by Crippen LogP contribution is -2.25. The van der Waals surface area contributed by atoms with Gasteiger partial charge in [0, 0.05) is 12.3 Å². The van der Waals surface area contributed by atoms with Gasteiger partial charge < -0.3 is 10.7 Å². The number of nitrogens with zero attached hydrogens (tertiary/aromatic N) is 3. The van der Waals surface area contributed by atoms with E-state index in [-0.39, 0.29) is 12.4 Å². The topological polar surface area (TPSA) is 47.1 Å². The Bertz CT molecular complexity index is 510. The summed E-state index contributed by atoms with van der Waals surface area (Å²) in [6, 6.07) is 7.96. The second-order valence-electron chi connectivity index (χ2n) is 4.13. The van der Waals surface area contributed by atoms with E-state index in [1.807, 2.05) is 24.3 Å². The first kappa shape index (κ1) is 16.1. The number of halogens is 1. The molecule has 0 atom stereocenters. The van der Waals surface area contributed by atoms with Crippen molar-refractivity contribution >= 4 is 35.2 Å². The van der Waals surface area contributed by atoms with Crippen LogP contribution in [0.5, 0.6) is 0 Å². The van der Waals surface area contributed by atoms with Gasteiger partial charge in [0.15, 0.2) is 5.16 Å². The number of aromatic nitrogens is 2. The van der Waals surface area contributed by atoms with Gasteiger partial charge >= 0.3 is 0 Å². The summed E-state index contributed by atoms with van der Waals surface area (Å²) < 4.78 is 1.68. The summed E-state index contributed by atoms with van der Waals surface area (Å²) in [5.41, 5.74) is 1.95. The van der Waals surface area contributed by atoms with E-state index in [1.54, 1.807) is 16.4 Å². The molecule has 0 bridgehead atoms. The van der Waals surface area contributed by atoms with Crippen LogP contribution >= 0.6 is 24.2 Å². The lowest BCUT2D eigenvalue weighted by Gasteiger charge is -2.16. The molecule has 4 nitrogen and oxygen atoms in total. The highest BCUT2D eigenvalue weighted by molar-refractivity contribution is 7.99. The predicted octanol–water partition coefficient (Wildman–Crippen LogP) is 2.61. The number of benzene rings is 1. The molecule has 1 aromatic carbocycles. The summed E-state index contributed by atoms with van der Waals surface area (Å²) in [7, 11) is 0. The lowest BCUT2D eigenvalue weighted by atomic mass is 10.3. The Morgan fingerprint density at radius 2 is 1.95 bits per heavy atom. The van der Waals surface area contributed by atoms with Gasteiger partial charge in [0.1, 0.15) is 0 Å². The molecule has 2 N–H and O–H groups in total. The number of thioether (sulfide) groups is 1.